The highest BCUT2D eigenvalue weighted by Crippen LogP contribution is 2.19. The Labute approximate surface area is 116 Å². The van der Waals surface area contributed by atoms with Crippen molar-refractivity contribution in [3.63, 3.8) is 0 Å². The molecule has 19 heavy (non-hydrogen) atoms. The molecule has 0 atom stereocenters. The molecule has 0 aliphatic heterocycles. The molecule has 1 heterocycles. The molecule has 0 amide bonds. The van der Waals surface area contributed by atoms with Gasteiger partial charge in [0, 0.05) is 24.8 Å². The molecule has 98 valence electrons. The Morgan fingerprint density at radius 2 is 2.00 bits per heavy atom. The van der Waals surface area contributed by atoms with Crippen LogP contribution in [0.25, 0.3) is 0 Å². The van der Waals surface area contributed by atoms with E-state index < -0.39 is 5.97 Å². The molecule has 1 aromatic heterocycles. The molecule has 0 aliphatic carbocycles. The van der Waals surface area contributed by atoms with E-state index in [1.54, 1.807) is 12.1 Å². The van der Waals surface area contributed by atoms with E-state index in [1.165, 1.54) is 6.20 Å². The van der Waals surface area contributed by atoms with Crippen molar-refractivity contribution in [1.82, 2.24) is 4.98 Å². The van der Waals surface area contributed by atoms with Gasteiger partial charge in [-0.1, -0.05) is 23.7 Å². The molecule has 4 nitrogen and oxygen atoms in total. The van der Waals surface area contributed by atoms with E-state index in [1.807, 2.05) is 36.2 Å². The van der Waals surface area contributed by atoms with E-state index in [4.69, 9.17) is 16.7 Å². The Morgan fingerprint density at radius 1 is 1.32 bits per heavy atom. The lowest BCUT2D eigenvalue weighted by Gasteiger charge is -2.20. The Kier molecular flexibility index (Phi) is 4.02. The molecule has 1 aromatic carbocycles. The van der Waals surface area contributed by atoms with E-state index in [0.717, 1.165) is 5.56 Å². The van der Waals surface area contributed by atoms with Crippen LogP contribution < -0.4 is 4.90 Å². The predicted octanol–water partition coefficient (Wildman–Crippen LogP) is 3.07. The second kappa shape index (κ2) is 5.71. The summed E-state index contributed by atoms with van der Waals surface area (Å²) >= 11 is 5.83. The van der Waals surface area contributed by atoms with Crippen molar-refractivity contribution >= 4 is 23.3 Å². The summed E-state index contributed by atoms with van der Waals surface area (Å²) in [4.78, 5) is 16.9. The quantitative estimate of drug-likeness (QED) is 0.932. The molecule has 0 bridgehead atoms. The van der Waals surface area contributed by atoms with Crippen molar-refractivity contribution < 1.29 is 9.90 Å². The van der Waals surface area contributed by atoms with Crippen molar-refractivity contribution in [1.29, 1.82) is 0 Å². The highest BCUT2D eigenvalue weighted by molar-refractivity contribution is 6.30. The molecule has 0 unspecified atom stereocenters. The van der Waals surface area contributed by atoms with Gasteiger partial charge in [0.25, 0.3) is 0 Å². The molecular formula is C14H13ClN2O2. The first-order valence-electron chi connectivity index (χ1n) is 5.72. The number of benzene rings is 1. The molecule has 0 fully saturated rings. The van der Waals surface area contributed by atoms with Crippen LogP contribution in [0.5, 0.6) is 0 Å². The second-order valence-corrected chi connectivity index (χ2v) is 4.60. The number of carbonyl (C=O) groups is 1. The van der Waals surface area contributed by atoms with Crippen LogP contribution in [-0.2, 0) is 6.54 Å². The number of carboxylic acids is 1. The van der Waals surface area contributed by atoms with E-state index in [-0.39, 0.29) is 5.69 Å². The molecule has 0 spiro atoms. The minimum absolute atomic E-state index is 0.0546. The zero-order valence-electron chi connectivity index (χ0n) is 10.4. The van der Waals surface area contributed by atoms with Gasteiger partial charge < -0.3 is 10.0 Å². The van der Waals surface area contributed by atoms with E-state index in [2.05, 4.69) is 4.98 Å². The molecule has 0 aliphatic rings. The third-order valence-electron chi connectivity index (χ3n) is 2.73. The normalized spacial score (nSPS) is 10.2. The number of hydrogen-bond donors (Lipinski definition) is 1. The number of aromatic carboxylic acids is 1. The van der Waals surface area contributed by atoms with Crippen LogP contribution in [0.4, 0.5) is 5.69 Å². The monoisotopic (exact) mass is 276 g/mol. The van der Waals surface area contributed by atoms with Gasteiger partial charge in [0.1, 0.15) is 0 Å². The Hall–Kier alpha value is -2.07. The van der Waals surface area contributed by atoms with Crippen molar-refractivity contribution in [2.24, 2.45) is 0 Å². The predicted molar refractivity (Wildman–Crippen MR) is 74.8 cm³/mol. The average molecular weight is 277 g/mol. The van der Waals surface area contributed by atoms with E-state index in [9.17, 15) is 4.79 Å². The van der Waals surface area contributed by atoms with Crippen molar-refractivity contribution in [3.05, 3.63) is 58.9 Å². The molecule has 0 radical (unpaired) electrons. The maximum Gasteiger partial charge on any atom is 0.356 e. The van der Waals surface area contributed by atoms with Gasteiger partial charge in [0.2, 0.25) is 0 Å². The minimum Gasteiger partial charge on any atom is -0.476 e. The van der Waals surface area contributed by atoms with Crippen LogP contribution in [0.3, 0.4) is 0 Å². The topological polar surface area (TPSA) is 53.4 Å². The average Bonchev–Trinajstić information content (AvgIpc) is 2.41. The fraction of sp³-hybridized carbons (Fsp3) is 0.143. The SMILES string of the molecule is CN(Cc1ccc(Cl)cc1)c1cccnc1C(=O)O. The smallest absolute Gasteiger partial charge is 0.356 e. The summed E-state index contributed by atoms with van der Waals surface area (Å²) in [6.07, 6.45) is 1.48. The molecule has 0 saturated carbocycles. The molecule has 0 saturated heterocycles. The minimum atomic E-state index is -1.03. The molecule has 2 rings (SSSR count). The van der Waals surface area contributed by atoms with E-state index in [0.29, 0.717) is 17.3 Å². The van der Waals surface area contributed by atoms with Gasteiger partial charge in [-0.2, -0.15) is 0 Å². The Morgan fingerprint density at radius 3 is 2.63 bits per heavy atom. The van der Waals surface area contributed by atoms with Crippen molar-refractivity contribution in [3.8, 4) is 0 Å². The number of hydrogen-bond acceptors (Lipinski definition) is 3. The first kappa shape index (κ1) is 13.4. The maximum absolute atomic E-state index is 11.1. The number of halogens is 1. The number of carboxylic acid groups (broad SMARTS) is 1. The van der Waals surface area contributed by atoms with Gasteiger partial charge in [-0.25, -0.2) is 9.78 Å². The van der Waals surface area contributed by atoms with Crippen LogP contribution in [0.2, 0.25) is 5.02 Å². The third kappa shape index (κ3) is 3.23. The van der Waals surface area contributed by atoms with E-state index >= 15 is 0 Å². The van der Waals surface area contributed by atoms with Crippen molar-refractivity contribution in [2.75, 3.05) is 11.9 Å². The first-order chi connectivity index (χ1) is 9.08. The molecular weight excluding hydrogens is 264 g/mol. The second-order valence-electron chi connectivity index (χ2n) is 4.16. The summed E-state index contributed by atoms with van der Waals surface area (Å²) in [7, 11) is 1.83. The van der Waals surface area contributed by atoms with Crippen LogP contribution in [0.15, 0.2) is 42.6 Å². The molecule has 5 heteroatoms. The van der Waals surface area contributed by atoms with Gasteiger partial charge in [-0.05, 0) is 29.8 Å². The molecule has 1 N–H and O–H groups in total. The van der Waals surface area contributed by atoms with Crippen LogP contribution in [0.1, 0.15) is 16.1 Å². The van der Waals surface area contributed by atoms with Gasteiger partial charge in [-0.15, -0.1) is 0 Å². The number of anilines is 1. The fourth-order valence-electron chi connectivity index (χ4n) is 1.82. The summed E-state index contributed by atoms with van der Waals surface area (Å²) < 4.78 is 0. The lowest BCUT2D eigenvalue weighted by atomic mass is 10.2. The molecule has 2 aromatic rings. The zero-order chi connectivity index (χ0) is 13.8. The van der Waals surface area contributed by atoms with Gasteiger partial charge in [0.05, 0.1) is 5.69 Å². The van der Waals surface area contributed by atoms with Gasteiger partial charge in [0.15, 0.2) is 5.69 Å². The number of pyridine rings is 1. The zero-order valence-corrected chi connectivity index (χ0v) is 11.1. The standard InChI is InChI=1S/C14H13ClN2O2/c1-17(9-10-4-6-11(15)7-5-10)12-3-2-8-16-13(12)14(18)19/h2-8H,9H2,1H3,(H,18,19). The first-order valence-corrected chi connectivity index (χ1v) is 6.09. The fourth-order valence-corrected chi connectivity index (χ4v) is 1.94. The summed E-state index contributed by atoms with van der Waals surface area (Å²) in [5.41, 5.74) is 1.69. The van der Waals surface area contributed by atoms with Crippen LogP contribution in [0, 0.1) is 0 Å². The van der Waals surface area contributed by atoms with Gasteiger partial charge >= 0.3 is 5.97 Å². The summed E-state index contributed by atoms with van der Waals surface area (Å²) in [6, 6.07) is 10.9. The van der Waals surface area contributed by atoms with Crippen LogP contribution >= 0.6 is 11.6 Å². The highest BCUT2D eigenvalue weighted by Gasteiger charge is 2.14. The third-order valence-corrected chi connectivity index (χ3v) is 2.99. The number of rotatable bonds is 4. The summed E-state index contributed by atoms with van der Waals surface area (Å²) in [6.45, 7) is 0.586. The highest BCUT2D eigenvalue weighted by atomic mass is 35.5. The lowest BCUT2D eigenvalue weighted by Crippen LogP contribution is -2.20. The van der Waals surface area contributed by atoms with Crippen LogP contribution in [-0.4, -0.2) is 23.1 Å². The lowest BCUT2D eigenvalue weighted by molar-refractivity contribution is 0.0691. The number of nitrogens with zero attached hydrogens (tertiary/aromatic N) is 2. The summed E-state index contributed by atoms with van der Waals surface area (Å²) in [5.74, 6) is -1.03. The van der Waals surface area contributed by atoms with Gasteiger partial charge in [-0.3, -0.25) is 0 Å². The summed E-state index contributed by atoms with van der Waals surface area (Å²) in [5, 5.41) is 9.79. The Balaban J connectivity index is 2.22. The number of aromatic nitrogens is 1. The Bertz CT molecular complexity index is 584. The largest absolute Gasteiger partial charge is 0.476 e. The van der Waals surface area contributed by atoms with Crippen molar-refractivity contribution in [2.45, 2.75) is 6.54 Å². The maximum atomic E-state index is 11.1.